The standard InChI is InChI=1S/C14H25N/c1-2-5-12(6-3-1)14(9-4-10-14)11-15-13-7-8-13/h12-13,15H,1-11H2. The molecular formula is C14H25N. The van der Waals surface area contributed by atoms with Gasteiger partial charge in [-0.2, -0.15) is 0 Å². The summed E-state index contributed by atoms with van der Waals surface area (Å²) in [6, 6.07) is 0.908. The van der Waals surface area contributed by atoms with E-state index in [4.69, 9.17) is 0 Å². The molecule has 0 atom stereocenters. The fourth-order valence-corrected chi connectivity index (χ4v) is 3.71. The minimum atomic E-state index is 0.753. The van der Waals surface area contributed by atoms with Crippen LogP contribution in [0.25, 0.3) is 0 Å². The molecule has 0 unspecified atom stereocenters. The van der Waals surface area contributed by atoms with Crippen LogP contribution < -0.4 is 5.32 Å². The molecule has 0 aromatic carbocycles. The molecule has 0 aromatic rings. The van der Waals surface area contributed by atoms with Crippen molar-refractivity contribution in [3.05, 3.63) is 0 Å². The van der Waals surface area contributed by atoms with Gasteiger partial charge < -0.3 is 5.32 Å². The summed E-state index contributed by atoms with van der Waals surface area (Å²) in [4.78, 5) is 0. The third-order valence-electron chi connectivity index (χ3n) is 5.14. The van der Waals surface area contributed by atoms with Crippen molar-refractivity contribution in [3.63, 3.8) is 0 Å². The van der Waals surface area contributed by atoms with Gasteiger partial charge in [0.15, 0.2) is 0 Å². The Morgan fingerprint density at radius 3 is 2.13 bits per heavy atom. The predicted octanol–water partition coefficient (Wildman–Crippen LogP) is 3.49. The molecule has 15 heavy (non-hydrogen) atoms. The molecule has 0 amide bonds. The maximum Gasteiger partial charge on any atom is 0.00684 e. The van der Waals surface area contributed by atoms with Crippen molar-refractivity contribution in [1.82, 2.24) is 5.32 Å². The van der Waals surface area contributed by atoms with E-state index >= 15 is 0 Å². The van der Waals surface area contributed by atoms with E-state index in [1.165, 1.54) is 70.8 Å². The van der Waals surface area contributed by atoms with Crippen LogP contribution in [0.1, 0.15) is 64.2 Å². The molecule has 3 fully saturated rings. The smallest absolute Gasteiger partial charge is 0.00684 e. The molecule has 0 heterocycles. The zero-order valence-corrected chi connectivity index (χ0v) is 9.93. The maximum atomic E-state index is 3.80. The van der Waals surface area contributed by atoms with Gasteiger partial charge in [0.05, 0.1) is 0 Å². The molecule has 0 aromatic heterocycles. The Morgan fingerprint density at radius 2 is 1.60 bits per heavy atom. The fraction of sp³-hybridized carbons (Fsp3) is 1.00. The van der Waals surface area contributed by atoms with Gasteiger partial charge in [0.2, 0.25) is 0 Å². The van der Waals surface area contributed by atoms with E-state index in [1.807, 2.05) is 0 Å². The van der Waals surface area contributed by atoms with Crippen molar-refractivity contribution >= 4 is 0 Å². The second kappa shape index (κ2) is 4.08. The zero-order valence-electron chi connectivity index (χ0n) is 9.93. The van der Waals surface area contributed by atoms with Gasteiger partial charge in [-0.1, -0.05) is 25.7 Å². The summed E-state index contributed by atoms with van der Waals surface area (Å²) in [5.41, 5.74) is 0.753. The Hall–Kier alpha value is -0.0400. The lowest BCUT2D eigenvalue weighted by molar-refractivity contribution is 0.0258. The number of nitrogens with one attached hydrogen (secondary N) is 1. The molecule has 1 nitrogen and oxygen atoms in total. The Morgan fingerprint density at radius 1 is 0.867 bits per heavy atom. The normalized spacial score (nSPS) is 31.2. The average Bonchev–Trinajstić information content (AvgIpc) is 3.02. The Kier molecular flexibility index (Phi) is 2.76. The fourth-order valence-electron chi connectivity index (χ4n) is 3.71. The molecule has 1 heteroatoms. The lowest BCUT2D eigenvalue weighted by atomic mass is 9.57. The summed E-state index contributed by atoms with van der Waals surface area (Å²) >= 11 is 0. The second-order valence-electron chi connectivity index (χ2n) is 6.21. The molecule has 86 valence electrons. The first-order valence-electron chi connectivity index (χ1n) is 7.12. The molecule has 0 spiro atoms. The molecule has 0 radical (unpaired) electrons. The molecule has 0 bridgehead atoms. The molecule has 1 N–H and O–H groups in total. The van der Waals surface area contributed by atoms with Crippen molar-refractivity contribution in [2.45, 2.75) is 70.3 Å². The number of hydrogen-bond acceptors (Lipinski definition) is 1. The number of hydrogen-bond donors (Lipinski definition) is 1. The van der Waals surface area contributed by atoms with Crippen molar-refractivity contribution in [3.8, 4) is 0 Å². The first-order chi connectivity index (χ1) is 7.39. The van der Waals surface area contributed by atoms with Crippen molar-refractivity contribution in [2.75, 3.05) is 6.54 Å². The maximum absolute atomic E-state index is 3.80. The largest absolute Gasteiger partial charge is 0.313 e. The molecule has 3 aliphatic carbocycles. The second-order valence-corrected chi connectivity index (χ2v) is 6.21. The third-order valence-corrected chi connectivity index (χ3v) is 5.14. The third kappa shape index (κ3) is 2.08. The van der Waals surface area contributed by atoms with E-state index in [9.17, 15) is 0 Å². The molecule has 3 saturated carbocycles. The highest BCUT2D eigenvalue weighted by Gasteiger charge is 2.44. The summed E-state index contributed by atoms with van der Waals surface area (Å²) in [5.74, 6) is 1.08. The summed E-state index contributed by atoms with van der Waals surface area (Å²) in [6.45, 7) is 1.35. The summed E-state index contributed by atoms with van der Waals surface area (Å²) in [5, 5.41) is 3.80. The first kappa shape index (κ1) is 10.1. The van der Waals surface area contributed by atoms with Crippen LogP contribution in [0, 0.1) is 11.3 Å². The minimum absolute atomic E-state index is 0.753. The van der Waals surface area contributed by atoms with E-state index in [1.54, 1.807) is 0 Å². The van der Waals surface area contributed by atoms with E-state index in [2.05, 4.69) is 5.32 Å². The van der Waals surface area contributed by atoms with Crippen molar-refractivity contribution in [1.29, 1.82) is 0 Å². The summed E-state index contributed by atoms with van der Waals surface area (Å²) < 4.78 is 0. The Balaban J connectivity index is 1.56. The zero-order chi connectivity index (χ0) is 10.1. The topological polar surface area (TPSA) is 12.0 Å². The highest BCUT2D eigenvalue weighted by molar-refractivity contribution is 4.97. The van der Waals surface area contributed by atoms with Crippen LogP contribution in [-0.4, -0.2) is 12.6 Å². The summed E-state index contributed by atoms with van der Waals surface area (Å²) in [7, 11) is 0. The Labute approximate surface area is 94.0 Å². The lowest BCUT2D eigenvalue weighted by Gasteiger charge is -2.50. The van der Waals surface area contributed by atoms with E-state index in [-0.39, 0.29) is 0 Å². The van der Waals surface area contributed by atoms with Crippen LogP contribution in [0.15, 0.2) is 0 Å². The van der Waals surface area contributed by atoms with Crippen molar-refractivity contribution in [2.24, 2.45) is 11.3 Å². The van der Waals surface area contributed by atoms with E-state index in [0.29, 0.717) is 0 Å². The van der Waals surface area contributed by atoms with Crippen LogP contribution in [0.2, 0.25) is 0 Å². The van der Waals surface area contributed by atoms with Crippen LogP contribution in [0.4, 0.5) is 0 Å². The highest BCUT2D eigenvalue weighted by Crippen LogP contribution is 2.51. The molecule has 0 aliphatic heterocycles. The Bertz CT molecular complexity index is 209. The lowest BCUT2D eigenvalue weighted by Crippen LogP contribution is -2.46. The van der Waals surface area contributed by atoms with E-state index in [0.717, 1.165) is 17.4 Å². The van der Waals surface area contributed by atoms with Gasteiger partial charge in [-0.3, -0.25) is 0 Å². The van der Waals surface area contributed by atoms with Gasteiger partial charge >= 0.3 is 0 Å². The minimum Gasteiger partial charge on any atom is -0.313 e. The van der Waals surface area contributed by atoms with Gasteiger partial charge in [0.1, 0.15) is 0 Å². The van der Waals surface area contributed by atoms with Crippen LogP contribution in [-0.2, 0) is 0 Å². The van der Waals surface area contributed by atoms with Crippen LogP contribution >= 0.6 is 0 Å². The molecule has 0 saturated heterocycles. The molecule has 3 rings (SSSR count). The quantitative estimate of drug-likeness (QED) is 0.744. The average molecular weight is 207 g/mol. The van der Waals surface area contributed by atoms with Crippen LogP contribution in [0.3, 0.4) is 0 Å². The molecular weight excluding hydrogens is 182 g/mol. The van der Waals surface area contributed by atoms with Gasteiger partial charge in [0, 0.05) is 12.6 Å². The van der Waals surface area contributed by atoms with Gasteiger partial charge in [-0.05, 0) is 49.9 Å². The van der Waals surface area contributed by atoms with Crippen LogP contribution in [0.5, 0.6) is 0 Å². The first-order valence-corrected chi connectivity index (χ1v) is 7.12. The van der Waals surface area contributed by atoms with Gasteiger partial charge in [-0.15, -0.1) is 0 Å². The van der Waals surface area contributed by atoms with Gasteiger partial charge in [0.25, 0.3) is 0 Å². The molecule has 3 aliphatic rings. The predicted molar refractivity (Wildman–Crippen MR) is 63.9 cm³/mol. The van der Waals surface area contributed by atoms with E-state index < -0.39 is 0 Å². The highest BCUT2D eigenvalue weighted by atomic mass is 15.0. The number of rotatable bonds is 4. The monoisotopic (exact) mass is 207 g/mol. The van der Waals surface area contributed by atoms with Gasteiger partial charge in [-0.25, -0.2) is 0 Å². The SMILES string of the molecule is C1CCC(C2(CNC3CC3)CCC2)CC1. The van der Waals surface area contributed by atoms with Crippen molar-refractivity contribution < 1.29 is 0 Å². The summed E-state index contributed by atoms with van der Waals surface area (Å²) in [6.07, 6.45) is 15.0.